The average Bonchev–Trinajstić information content (AvgIpc) is 3.02. The molecule has 1 aliphatic rings. The number of benzene rings is 1. The number of halogens is 2. The fourth-order valence-electron chi connectivity index (χ4n) is 3.00. The average molecular weight is 334 g/mol. The molecule has 0 spiro atoms. The number of nitrogens with zero attached hydrogens (tertiary/aromatic N) is 3. The van der Waals surface area contributed by atoms with E-state index in [1.54, 1.807) is 0 Å². The number of nitrogen functional groups attached to an aromatic ring is 2. The van der Waals surface area contributed by atoms with E-state index in [0.29, 0.717) is 17.4 Å². The van der Waals surface area contributed by atoms with Gasteiger partial charge in [-0.05, 0) is 25.1 Å². The minimum absolute atomic E-state index is 0.0684. The largest absolute Gasteiger partial charge is 0.383 e. The van der Waals surface area contributed by atoms with Gasteiger partial charge in [-0.2, -0.15) is 9.97 Å². The maximum Gasteiger partial charge on any atom is 0.223 e. The Morgan fingerprint density at radius 2 is 2.08 bits per heavy atom. The molecule has 0 unspecified atom stereocenters. The highest BCUT2D eigenvalue weighted by Crippen LogP contribution is 2.29. The van der Waals surface area contributed by atoms with Crippen LogP contribution < -0.4 is 21.7 Å². The highest BCUT2D eigenvalue weighted by molar-refractivity contribution is 5.61. The highest BCUT2D eigenvalue weighted by atomic mass is 19.2. The lowest BCUT2D eigenvalue weighted by atomic mass is 10.0. The molecule has 5 N–H and O–H groups in total. The van der Waals surface area contributed by atoms with Crippen molar-refractivity contribution in [2.45, 2.75) is 18.9 Å². The van der Waals surface area contributed by atoms with Crippen molar-refractivity contribution in [3.05, 3.63) is 41.0 Å². The zero-order valence-corrected chi connectivity index (χ0v) is 13.4. The quantitative estimate of drug-likeness (QED) is 0.781. The number of likely N-dealkylation sites (N-methyl/N-ethyl adjacent to an activating group) is 1. The first-order chi connectivity index (χ1) is 11.5. The summed E-state index contributed by atoms with van der Waals surface area (Å²) in [5.41, 5.74) is 12.5. The van der Waals surface area contributed by atoms with E-state index in [2.05, 4.69) is 15.3 Å². The van der Waals surface area contributed by atoms with Crippen molar-refractivity contribution >= 4 is 17.6 Å². The minimum atomic E-state index is -0.889. The Hall–Kier alpha value is -2.48. The molecular weight excluding hydrogens is 314 g/mol. The molecule has 128 valence electrons. The molecule has 0 saturated carbocycles. The van der Waals surface area contributed by atoms with Crippen LogP contribution in [0.3, 0.4) is 0 Å². The normalized spacial score (nSPS) is 17.5. The van der Waals surface area contributed by atoms with Crippen molar-refractivity contribution in [1.82, 2.24) is 15.3 Å². The smallest absolute Gasteiger partial charge is 0.223 e. The monoisotopic (exact) mass is 334 g/mol. The number of aromatic nitrogens is 2. The summed E-state index contributed by atoms with van der Waals surface area (Å²) < 4.78 is 27.5. The summed E-state index contributed by atoms with van der Waals surface area (Å²) in [6, 6.07) is 4.41. The summed E-state index contributed by atoms with van der Waals surface area (Å²) in [5, 5.41) is 3.22. The van der Waals surface area contributed by atoms with Gasteiger partial charge < -0.3 is 21.7 Å². The SMILES string of the molecule is CN[C@@H]1CCN(c2nc(N)nc(N)c2Cc2cccc(F)c2F)C1. The Morgan fingerprint density at radius 3 is 2.79 bits per heavy atom. The van der Waals surface area contributed by atoms with Gasteiger partial charge in [0.25, 0.3) is 0 Å². The first-order valence-electron chi connectivity index (χ1n) is 7.76. The third-order valence-corrected chi connectivity index (χ3v) is 4.33. The highest BCUT2D eigenvalue weighted by Gasteiger charge is 2.26. The third kappa shape index (κ3) is 3.09. The van der Waals surface area contributed by atoms with E-state index >= 15 is 0 Å². The summed E-state index contributed by atoms with van der Waals surface area (Å²) in [7, 11) is 1.90. The van der Waals surface area contributed by atoms with Gasteiger partial charge in [0.1, 0.15) is 11.6 Å². The molecule has 3 rings (SSSR count). The molecule has 24 heavy (non-hydrogen) atoms. The molecule has 8 heteroatoms. The topological polar surface area (TPSA) is 93.1 Å². The second-order valence-electron chi connectivity index (χ2n) is 5.88. The van der Waals surface area contributed by atoms with Gasteiger partial charge in [-0.1, -0.05) is 12.1 Å². The molecule has 1 fully saturated rings. The molecule has 0 radical (unpaired) electrons. The maximum absolute atomic E-state index is 14.0. The molecule has 0 amide bonds. The van der Waals surface area contributed by atoms with Crippen LogP contribution in [-0.4, -0.2) is 36.1 Å². The lowest BCUT2D eigenvalue weighted by Gasteiger charge is -2.22. The van der Waals surface area contributed by atoms with E-state index in [4.69, 9.17) is 11.5 Å². The number of anilines is 3. The Balaban J connectivity index is 1.99. The number of hydrogen-bond acceptors (Lipinski definition) is 6. The summed E-state index contributed by atoms with van der Waals surface area (Å²) in [6.45, 7) is 1.52. The fourth-order valence-corrected chi connectivity index (χ4v) is 3.00. The third-order valence-electron chi connectivity index (χ3n) is 4.33. The minimum Gasteiger partial charge on any atom is -0.383 e. The standard InChI is InChI=1S/C16H20F2N6/c1-21-10-5-6-24(8-10)15-11(14(19)22-16(20)23-15)7-9-3-2-4-12(17)13(9)18/h2-4,10,21H,5-8H2,1H3,(H4,19,20,22,23)/t10-/m1/s1. The second-order valence-corrected chi connectivity index (χ2v) is 5.88. The molecule has 1 aromatic heterocycles. The molecular formula is C16H20F2N6. The summed E-state index contributed by atoms with van der Waals surface area (Å²) in [5.74, 6) is -0.927. The molecule has 1 saturated heterocycles. The summed E-state index contributed by atoms with van der Waals surface area (Å²) >= 11 is 0. The molecule has 0 aliphatic carbocycles. The molecule has 2 aromatic rings. The number of nitrogens with two attached hydrogens (primary N) is 2. The van der Waals surface area contributed by atoms with Crippen LogP contribution in [0.2, 0.25) is 0 Å². The van der Waals surface area contributed by atoms with Gasteiger partial charge in [0.05, 0.1) is 0 Å². The van der Waals surface area contributed by atoms with Crippen molar-refractivity contribution in [3.63, 3.8) is 0 Å². The zero-order valence-electron chi connectivity index (χ0n) is 13.4. The second kappa shape index (κ2) is 6.56. The summed E-state index contributed by atoms with van der Waals surface area (Å²) in [4.78, 5) is 10.3. The van der Waals surface area contributed by atoms with E-state index in [-0.39, 0.29) is 23.8 Å². The van der Waals surface area contributed by atoms with Crippen molar-refractivity contribution in [2.24, 2.45) is 0 Å². The Labute approximate surface area is 138 Å². The lowest BCUT2D eigenvalue weighted by molar-refractivity contribution is 0.501. The molecule has 0 bridgehead atoms. The first kappa shape index (κ1) is 16.4. The number of hydrogen-bond donors (Lipinski definition) is 3. The van der Waals surface area contributed by atoms with Crippen LogP contribution in [0, 0.1) is 11.6 Å². The van der Waals surface area contributed by atoms with Crippen LogP contribution in [0.5, 0.6) is 0 Å². The predicted octanol–water partition coefficient (Wildman–Crippen LogP) is 1.31. The molecule has 1 aromatic carbocycles. The van der Waals surface area contributed by atoms with Crippen LogP contribution in [0.25, 0.3) is 0 Å². The van der Waals surface area contributed by atoms with E-state index in [9.17, 15) is 8.78 Å². The van der Waals surface area contributed by atoms with Crippen LogP contribution in [0.1, 0.15) is 17.5 Å². The van der Waals surface area contributed by atoms with Crippen molar-refractivity contribution in [3.8, 4) is 0 Å². The number of rotatable bonds is 4. The van der Waals surface area contributed by atoms with Gasteiger partial charge in [0.2, 0.25) is 5.95 Å². The molecule has 6 nitrogen and oxygen atoms in total. The van der Waals surface area contributed by atoms with Gasteiger partial charge >= 0.3 is 0 Å². The van der Waals surface area contributed by atoms with Crippen LogP contribution in [0.4, 0.5) is 26.4 Å². The van der Waals surface area contributed by atoms with Crippen LogP contribution in [0.15, 0.2) is 18.2 Å². The van der Waals surface area contributed by atoms with Gasteiger partial charge in [-0.3, -0.25) is 0 Å². The van der Waals surface area contributed by atoms with Crippen LogP contribution >= 0.6 is 0 Å². The van der Waals surface area contributed by atoms with Crippen molar-refractivity contribution < 1.29 is 8.78 Å². The first-order valence-corrected chi connectivity index (χ1v) is 7.76. The fraction of sp³-hybridized carbons (Fsp3) is 0.375. The van der Waals surface area contributed by atoms with E-state index < -0.39 is 11.6 Å². The van der Waals surface area contributed by atoms with Gasteiger partial charge in [-0.25, -0.2) is 8.78 Å². The van der Waals surface area contributed by atoms with E-state index in [1.165, 1.54) is 12.1 Å². The van der Waals surface area contributed by atoms with Crippen molar-refractivity contribution in [1.29, 1.82) is 0 Å². The van der Waals surface area contributed by atoms with Gasteiger partial charge in [0, 0.05) is 31.1 Å². The lowest BCUT2D eigenvalue weighted by Crippen LogP contribution is -2.30. The molecule has 2 heterocycles. The van der Waals surface area contributed by atoms with Gasteiger partial charge in [-0.15, -0.1) is 0 Å². The van der Waals surface area contributed by atoms with E-state index in [0.717, 1.165) is 25.6 Å². The molecule has 1 atom stereocenters. The van der Waals surface area contributed by atoms with Crippen LogP contribution in [-0.2, 0) is 6.42 Å². The maximum atomic E-state index is 14.0. The summed E-state index contributed by atoms with van der Waals surface area (Å²) in [6.07, 6.45) is 1.06. The Morgan fingerprint density at radius 1 is 1.29 bits per heavy atom. The zero-order chi connectivity index (χ0) is 17.3. The molecule has 1 aliphatic heterocycles. The Bertz CT molecular complexity index is 752. The number of nitrogens with one attached hydrogen (secondary N) is 1. The van der Waals surface area contributed by atoms with Gasteiger partial charge in [0.15, 0.2) is 11.6 Å². The van der Waals surface area contributed by atoms with Crippen molar-refractivity contribution in [2.75, 3.05) is 36.5 Å². The van der Waals surface area contributed by atoms with E-state index in [1.807, 2.05) is 11.9 Å². The Kier molecular flexibility index (Phi) is 4.48. The predicted molar refractivity (Wildman–Crippen MR) is 89.7 cm³/mol.